The van der Waals surface area contributed by atoms with Crippen molar-refractivity contribution >= 4 is 17.6 Å². The van der Waals surface area contributed by atoms with Crippen LogP contribution in [-0.2, 0) is 11.2 Å². The van der Waals surface area contributed by atoms with Gasteiger partial charge in [-0.1, -0.05) is 26.3 Å². The van der Waals surface area contributed by atoms with E-state index in [0.717, 1.165) is 18.4 Å². The van der Waals surface area contributed by atoms with Crippen LogP contribution in [-0.4, -0.2) is 68.6 Å². The number of hydrogen-bond acceptors (Lipinski definition) is 6. The predicted octanol–water partition coefficient (Wildman–Crippen LogP) is 3.16. The maximum absolute atomic E-state index is 13.0. The number of ether oxygens (including phenoxy) is 2. The van der Waals surface area contributed by atoms with Crippen molar-refractivity contribution in [2.75, 3.05) is 51.8 Å². The number of carbonyl (C=O) groups is 2. The molecule has 184 valence electrons. The number of nitrogens with zero attached hydrogens (tertiary/aromatic N) is 3. The average Bonchev–Trinajstić information content (AvgIpc) is 2.88. The second-order valence-electron chi connectivity index (χ2n) is 8.57. The predicted molar refractivity (Wildman–Crippen MR) is 133 cm³/mol. The minimum atomic E-state index is -0.154. The maximum atomic E-state index is 13.0. The largest absolute Gasteiger partial charge is 0.493 e. The van der Waals surface area contributed by atoms with Gasteiger partial charge in [-0.2, -0.15) is 0 Å². The topological polar surface area (TPSA) is 84.0 Å². The molecule has 1 saturated heterocycles. The summed E-state index contributed by atoms with van der Waals surface area (Å²) >= 11 is 0. The third kappa shape index (κ3) is 6.18. The molecule has 0 radical (unpaired) electrons. The van der Waals surface area contributed by atoms with Crippen molar-refractivity contribution in [2.24, 2.45) is 5.92 Å². The summed E-state index contributed by atoms with van der Waals surface area (Å²) in [7, 11) is 3.21. The van der Waals surface area contributed by atoms with Crippen LogP contribution in [0, 0.1) is 5.92 Å². The molecule has 1 aliphatic heterocycles. The zero-order valence-corrected chi connectivity index (χ0v) is 20.7. The van der Waals surface area contributed by atoms with Gasteiger partial charge in [0.15, 0.2) is 11.5 Å². The van der Waals surface area contributed by atoms with Gasteiger partial charge in [0, 0.05) is 44.8 Å². The third-order valence-corrected chi connectivity index (χ3v) is 6.21. The second-order valence-corrected chi connectivity index (χ2v) is 8.57. The Labute approximate surface area is 202 Å². The van der Waals surface area contributed by atoms with Crippen LogP contribution in [0.3, 0.4) is 0 Å². The molecule has 34 heavy (non-hydrogen) atoms. The fourth-order valence-electron chi connectivity index (χ4n) is 4.28. The highest BCUT2D eigenvalue weighted by Crippen LogP contribution is 2.27. The Morgan fingerprint density at radius 1 is 1.09 bits per heavy atom. The zero-order valence-electron chi connectivity index (χ0n) is 20.7. The van der Waals surface area contributed by atoms with Gasteiger partial charge < -0.3 is 24.6 Å². The summed E-state index contributed by atoms with van der Waals surface area (Å²) in [5.74, 6) is 2.13. The number of aromatic nitrogens is 1. The Balaban J connectivity index is 1.58. The maximum Gasteiger partial charge on any atom is 0.255 e. The minimum absolute atomic E-state index is 0.0541. The number of benzene rings is 1. The van der Waals surface area contributed by atoms with E-state index in [0.29, 0.717) is 62.0 Å². The van der Waals surface area contributed by atoms with Crippen molar-refractivity contribution in [1.82, 2.24) is 15.2 Å². The third-order valence-electron chi connectivity index (χ3n) is 6.21. The van der Waals surface area contributed by atoms with Gasteiger partial charge in [-0.15, -0.1) is 0 Å². The fourth-order valence-corrected chi connectivity index (χ4v) is 4.28. The molecule has 2 heterocycles. The number of carbonyl (C=O) groups excluding carboxylic acids is 2. The normalized spacial score (nSPS) is 14.5. The molecule has 1 aliphatic rings. The van der Waals surface area contributed by atoms with Crippen LogP contribution in [0.5, 0.6) is 11.5 Å². The van der Waals surface area contributed by atoms with Crippen molar-refractivity contribution in [3.8, 4) is 11.5 Å². The molecule has 0 spiro atoms. The van der Waals surface area contributed by atoms with E-state index in [9.17, 15) is 9.59 Å². The van der Waals surface area contributed by atoms with Gasteiger partial charge in [0.05, 0.1) is 19.8 Å². The SMILES string of the molecule is CCCC(C)C(=O)N1CCN(c2ncccc2C(=O)NCCc2ccc(OC)c(OC)c2)CC1. The fraction of sp³-hybridized carbons (Fsp3) is 0.500. The second kappa shape index (κ2) is 12.3. The van der Waals surface area contributed by atoms with Crippen LogP contribution in [0.15, 0.2) is 36.5 Å². The van der Waals surface area contributed by atoms with Gasteiger partial charge in [-0.25, -0.2) is 4.98 Å². The zero-order chi connectivity index (χ0) is 24.5. The molecule has 2 aromatic rings. The van der Waals surface area contributed by atoms with E-state index in [1.165, 1.54) is 0 Å². The van der Waals surface area contributed by atoms with Gasteiger partial charge in [0.1, 0.15) is 5.82 Å². The summed E-state index contributed by atoms with van der Waals surface area (Å²) in [6.45, 7) is 7.19. The molecule has 1 fully saturated rings. The summed E-state index contributed by atoms with van der Waals surface area (Å²) in [6, 6.07) is 9.32. The average molecular weight is 469 g/mol. The van der Waals surface area contributed by atoms with E-state index < -0.39 is 0 Å². The highest BCUT2D eigenvalue weighted by Gasteiger charge is 2.27. The van der Waals surface area contributed by atoms with Crippen molar-refractivity contribution < 1.29 is 19.1 Å². The summed E-state index contributed by atoms with van der Waals surface area (Å²) in [6.07, 6.45) is 4.28. The van der Waals surface area contributed by atoms with Crippen molar-refractivity contribution in [2.45, 2.75) is 33.1 Å². The lowest BCUT2D eigenvalue weighted by molar-refractivity contribution is -0.135. The van der Waals surface area contributed by atoms with E-state index in [1.54, 1.807) is 32.5 Å². The number of pyridine rings is 1. The number of anilines is 1. The molecule has 8 nitrogen and oxygen atoms in total. The van der Waals surface area contributed by atoms with Gasteiger partial charge in [0.2, 0.25) is 5.91 Å². The van der Waals surface area contributed by atoms with Crippen LogP contribution in [0.2, 0.25) is 0 Å². The first-order valence-electron chi connectivity index (χ1n) is 12.0. The Morgan fingerprint density at radius 2 is 1.82 bits per heavy atom. The van der Waals surface area contributed by atoms with Crippen molar-refractivity contribution in [3.05, 3.63) is 47.7 Å². The summed E-state index contributed by atoms with van der Waals surface area (Å²) < 4.78 is 10.6. The van der Waals surface area contributed by atoms with E-state index in [1.807, 2.05) is 30.0 Å². The van der Waals surface area contributed by atoms with Crippen molar-refractivity contribution in [3.63, 3.8) is 0 Å². The van der Waals surface area contributed by atoms with Crippen LogP contribution in [0.4, 0.5) is 5.82 Å². The smallest absolute Gasteiger partial charge is 0.255 e. The Kier molecular flexibility index (Phi) is 9.13. The van der Waals surface area contributed by atoms with Gasteiger partial charge in [-0.3, -0.25) is 9.59 Å². The number of methoxy groups -OCH3 is 2. The summed E-state index contributed by atoms with van der Waals surface area (Å²) in [5.41, 5.74) is 1.59. The molecule has 8 heteroatoms. The first kappa shape index (κ1) is 25.3. The first-order valence-corrected chi connectivity index (χ1v) is 12.0. The highest BCUT2D eigenvalue weighted by atomic mass is 16.5. The number of amides is 2. The molecule has 1 unspecified atom stereocenters. The molecule has 1 N–H and O–H groups in total. The molecule has 0 saturated carbocycles. The summed E-state index contributed by atoms with van der Waals surface area (Å²) in [4.78, 5) is 34.1. The van der Waals surface area contributed by atoms with Gasteiger partial charge in [0.25, 0.3) is 5.91 Å². The minimum Gasteiger partial charge on any atom is -0.493 e. The molecule has 0 aliphatic carbocycles. The van der Waals surface area contributed by atoms with Crippen LogP contribution < -0.4 is 19.7 Å². The van der Waals surface area contributed by atoms with Crippen LogP contribution in [0.1, 0.15) is 42.6 Å². The molecule has 1 aromatic carbocycles. The highest BCUT2D eigenvalue weighted by molar-refractivity contribution is 5.99. The quantitative estimate of drug-likeness (QED) is 0.577. The van der Waals surface area contributed by atoms with Crippen LogP contribution in [0.25, 0.3) is 0 Å². The van der Waals surface area contributed by atoms with E-state index in [4.69, 9.17) is 9.47 Å². The first-order chi connectivity index (χ1) is 16.5. The van der Waals surface area contributed by atoms with Gasteiger partial charge >= 0.3 is 0 Å². The summed E-state index contributed by atoms with van der Waals surface area (Å²) in [5, 5.41) is 3.01. The van der Waals surface area contributed by atoms with Gasteiger partial charge in [-0.05, 0) is 42.7 Å². The number of rotatable bonds is 10. The molecule has 3 rings (SSSR count). The van der Waals surface area contributed by atoms with E-state index in [2.05, 4.69) is 22.1 Å². The molecule has 2 amide bonds. The Hall–Kier alpha value is -3.29. The molecular weight excluding hydrogens is 432 g/mol. The standard InChI is InChI=1S/C26H36N4O4/c1-5-7-19(2)26(32)30-16-14-29(15-17-30)24-21(8-6-12-27-24)25(31)28-13-11-20-9-10-22(33-3)23(18-20)34-4/h6,8-10,12,18-19H,5,7,11,13-17H2,1-4H3,(H,28,31). The Morgan fingerprint density at radius 3 is 2.50 bits per heavy atom. The number of nitrogens with one attached hydrogen (secondary N) is 1. The molecule has 1 atom stereocenters. The number of hydrogen-bond donors (Lipinski definition) is 1. The molecular formula is C26H36N4O4. The molecule has 0 bridgehead atoms. The van der Waals surface area contributed by atoms with Crippen LogP contribution >= 0.6 is 0 Å². The lowest BCUT2D eigenvalue weighted by atomic mass is 10.0. The lowest BCUT2D eigenvalue weighted by Gasteiger charge is -2.37. The molecule has 1 aromatic heterocycles. The lowest BCUT2D eigenvalue weighted by Crippen LogP contribution is -2.50. The number of piperazine rings is 1. The van der Waals surface area contributed by atoms with Crippen molar-refractivity contribution in [1.29, 1.82) is 0 Å². The van der Waals surface area contributed by atoms with E-state index >= 15 is 0 Å². The van der Waals surface area contributed by atoms with E-state index in [-0.39, 0.29) is 17.7 Å². The monoisotopic (exact) mass is 468 g/mol. The Bertz CT molecular complexity index is 973.